The van der Waals surface area contributed by atoms with E-state index in [1.807, 2.05) is 16.8 Å². The third-order valence-corrected chi connectivity index (χ3v) is 4.68. The zero-order valence-electron chi connectivity index (χ0n) is 14.1. The first-order valence-corrected chi connectivity index (χ1v) is 8.24. The Morgan fingerprint density at radius 2 is 2.08 bits per heavy atom. The second-order valence-corrected chi connectivity index (χ2v) is 6.26. The molecule has 1 aliphatic rings. The van der Waals surface area contributed by atoms with E-state index in [2.05, 4.69) is 29.1 Å². The molecule has 1 N–H and O–H groups in total. The summed E-state index contributed by atoms with van der Waals surface area (Å²) in [7, 11) is 1.67. The molecule has 0 amide bonds. The lowest BCUT2D eigenvalue weighted by Gasteiger charge is -2.32. The zero-order chi connectivity index (χ0) is 17.1. The van der Waals surface area contributed by atoms with Gasteiger partial charge >= 0.3 is 5.97 Å². The van der Waals surface area contributed by atoms with Gasteiger partial charge in [0.05, 0.1) is 19.3 Å². The standard InChI is InChI=1S/C18H23N3O3/c1-13(3-4-14-5-7-16(24-2)8-6-14)20-9-10-21-15(12-20)11-17(19-21)18(22)23/h5-8,11,13H,3-4,9-10,12H2,1-2H3,(H,22,23). The fourth-order valence-electron chi connectivity index (χ4n) is 3.12. The molecular weight excluding hydrogens is 306 g/mol. The highest BCUT2D eigenvalue weighted by Gasteiger charge is 2.23. The minimum Gasteiger partial charge on any atom is -0.497 e. The van der Waals surface area contributed by atoms with Crippen LogP contribution in [0.15, 0.2) is 30.3 Å². The normalized spacial score (nSPS) is 15.8. The molecule has 128 valence electrons. The smallest absolute Gasteiger partial charge is 0.356 e. The summed E-state index contributed by atoms with van der Waals surface area (Å²) >= 11 is 0. The van der Waals surface area contributed by atoms with E-state index < -0.39 is 5.97 Å². The van der Waals surface area contributed by atoms with E-state index in [0.29, 0.717) is 6.04 Å². The van der Waals surface area contributed by atoms with E-state index >= 15 is 0 Å². The van der Waals surface area contributed by atoms with Crippen molar-refractivity contribution in [1.82, 2.24) is 14.7 Å². The number of fused-ring (bicyclic) bond motifs is 1. The Hall–Kier alpha value is -2.34. The van der Waals surface area contributed by atoms with Crippen LogP contribution in [0, 0.1) is 0 Å². The van der Waals surface area contributed by atoms with Crippen molar-refractivity contribution in [3.63, 3.8) is 0 Å². The van der Waals surface area contributed by atoms with Crippen molar-refractivity contribution >= 4 is 5.97 Å². The third kappa shape index (κ3) is 3.59. The molecule has 0 aliphatic carbocycles. The zero-order valence-corrected chi connectivity index (χ0v) is 14.1. The Morgan fingerprint density at radius 1 is 1.33 bits per heavy atom. The number of benzene rings is 1. The highest BCUT2D eigenvalue weighted by atomic mass is 16.5. The Bertz CT molecular complexity index is 709. The quantitative estimate of drug-likeness (QED) is 0.881. The molecule has 1 atom stereocenters. The van der Waals surface area contributed by atoms with Gasteiger partial charge in [0, 0.05) is 19.1 Å². The number of carbonyl (C=O) groups is 1. The van der Waals surface area contributed by atoms with Gasteiger partial charge in [-0.15, -0.1) is 0 Å². The van der Waals surface area contributed by atoms with Crippen LogP contribution in [0.3, 0.4) is 0 Å². The van der Waals surface area contributed by atoms with Crippen LogP contribution in [0.5, 0.6) is 5.75 Å². The number of carboxylic acids is 1. The number of rotatable bonds is 6. The van der Waals surface area contributed by atoms with E-state index in [4.69, 9.17) is 9.84 Å². The molecule has 0 radical (unpaired) electrons. The lowest BCUT2D eigenvalue weighted by Crippen LogP contribution is -2.40. The summed E-state index contributed by atoms with van der Waals surface area (Å²) in [6.45, 7) is 4.63. The summed E-state index contributed by atoms with van der Waals surface area (Å²) in [5, 5.41) is 13.2. The van der Waals surface area contributed by atoms with Gasteiger partial charge in [0.2, 0.25) is 0 Å². The highest BCUT2D eigenvalue weighted by Crippen LogP contribution is 2.19. The van der Waals surface area contributed by atoms with Gasteiger partial charge in [-0.1, -0.05) is 12.1 Å². The molecule has 0 fully saturated rings. The molecule has 2 heterocycles. The molecular formula is C18H23N3O3. The Labute approximate surface area is 141 Å². The maximum atomic E-state index is 11.0. The van der Waals surface area contributed by atoms with Crippen molar-refractivity contribution < 1.29 is 14.6 Å². The third-order valence-electron chi connectivity index (χ3n) is 4.68. The lowest BCUT2D eigenvalue weighted by molar-refractivity contribution is 0.0689. The number of nitrogens with zero attached hydrogens (tertiary/aromatic N) is 3. The number of aromatic nitrogens is 2. The van der Waals surface area contributed by atoms with Gasteiger partial charge in [0.1, 0.15) is 5.75 Å². The summed E-state index contributed by atoms with van der Waals surface area (Å²) in [5.74, 6) is -0.0821. The average Bonchev–Trinajstić information content (AvgIpc) is 3.03. The first-order chi connectivity index (χ1) is 11.6. The minimum absolute atomic E-state index is 0.137. The molecule has 1 aromatic heterocycles. The van der Waals surface area contributed by atoms with Crippen molar-refractivity contribution in [1.29, 1.82) is 0 Å². The summed E-state index contributed by atoms with van der Waals surface area (Å²) in [6, 6.07) is 10.3. The van der Waals surface area contributed by atoms with Gasteiger partial charge in [0.25, 0.3) is 0 Å². The molecule has 0 saturated heterocycles. The molecule has 0 saturated carbocycles. The van der Waals surface area contributed by atoms with Crippen LogP contribution in [0.4, 0.5) is 0 Å². The first kappa shape index (κ1) is 16.5. The van der Waals surface area contributed by atoms with Crippen molar-refractivity contribution in [3.8, 4) is 5.75 Å². The van der Waals surface area contributed by atoms with Crippen LogP contribution in [0.2, 0.25) is 0 Å². The number of hydrogen-bond acceptors (Lipinski definition) is 4. The number of carboxylic acid groups (broad SMARTS) is 1. The van der Waals surface area contributed by atoms with Crippen LogP contribution in [-0.4, -0.2) is 45.5 Å². The highest BCUT2D eigenvalue weighted by molar-refractivity contribution is 5.85. The molecule has 3 rings (SSSR count). The maximum absolute atomic E-state index is 11.0. The van der Waals surface area contributed by atoms with Crippen LogP contribution < -0.4 is 4.74 Å². The van der Waals surface area contributed by atoms with Gasteiger partial charge in [-0.3, -0.25) is 9.58 Å². The van der Waals surface area contributed by atoms with Gasteiger partial charge in [-0.25, -0.2) is 4.79 Å². The van der Waals surface area contributed by atoms with E-state index in [-0.39, 0.29) is 5.69 Å². The van der Waals surface area contributed by atoms with Gasteiger partial charge in [0.15, 0.2) is 5.69 Å². The number of aromatic carboxylic acids is 1. The van der Waals surface area contributed by atoms with Gasteiger partial charge in [-0.2, -0.15) is 5.10 Å². The Kier molecular flexibility index (Phi) is 4.85. The Balaban J connectivity index is 1.57. The maximum Gasteiger partial charge on any atom is 0.356 e. The van der Waals surface area contributed by atoms with Crippen LogP contribution in [0.1, 0.15) is 35.1 Å². The number of methoxy groups -OCH3 is 1. The van der Waals surface area contributed by atoms with E-state index in [0.717, 1.165) is 43.9 Å². The summed E-state index contributed by atoms with van der Waals surface area (Å²) in [6.07, 6.45) is 2.08. The summed E-state index contributed by atoms with van der Waals surface area (Å²) in [4.78, 5) is 13.4. The Morgan fingerprint density at radius 3 is 2.75 bits per heavy atom. The predicted molar refractivity (Wildman–Crippen MR) is 90.4 cm³/mol. The lowest BCUT2D eigenvalue weighted by atomic mass is 10.0. The predicted octanol–water partition coefficient (Wildman–Crippen LogP) is 2.43. The summed E-state index contributed by atoms with van der Waals surface area (Å²) < 4.78 is 7.00. The van der Waals surface area contributed by atoms with Crippen molar-refractivity contribution in [2.24, 2.45) is 0 Å². The molecule has 24 heavy (non-hydrogen) atoms. The molecule has 0 spiro atoms. The largest absolute Gasteiger partial charge is 0.497 e. The van der Waals surface area contributed by atoms with Crippen LogP contribution in [-0.2, 0) is 19.5 Å². The molecule has 2 aromatic rings. The number of aryl methyl sites for hydroxylation is 1. The molecule has 1 aromatic carbocycles. The van der Waals surface area contributed by atoms with E-state index in [9.17, 15) is 4.79 Å². The summed E-state index contributed by atoms with van der Waals surface area (Å²) in [5.41, 5.74) is 2.42. The molecule has 6 nitrogen and oxygen atoms in total. The molecule has 1 unspecified atom stereocenters. The second-order valence-electron chi connectivity index (χ2n) is 6.26. The van der Waals surface area contributed by atoms with Crippen molar-refractivity contribution in [3.05, 3.63) is 47.3 Å². The van der Waals surface area contributed by atoms with E-state index in [1.165, 1.54) is 5.56 Å². The number of hydrogen-bond donors (Lipinski definition) is 1. The van der Waals surface area contributed by atoms with Gasteiger partial charge in [-0.05, 0) is 43.5 Å². The monoisotopic (exact) mass is 329 g/mol. The fourth-order valence-corrected chi connectivity index (χ4v) is 3.12. The molecule has 6 heteroatoms. The topological polar surface area (TPSA) is 67.6 Å². The SMILES string of the molecule is COc1ccc(CCC(C)N2CCn3nc(C(=O)O)cc3C2)cc1. The average molecular weight is 329 g/mol. The second kappa shape index (κ2) is 7.05. The molecule has 1 aliphatic heterocycles. The first-order valence-electron chi connectivity index (χ1n) is 8.24. The van der Waals surface area contributed by atoms with Crippen molar-refractivity contribution in [2.75, 3.05) is 13.7 Å². The molecule has 0 bridgehead atoms. The van der Waals surface area contributed by atoms with Crippen LogP contribution >= 0.6 is 0 Å². The van der Waals surface area contributed by atoms with E-state index in [1.54, 1.807) is 13.2 Å². The fraction of sp³-hybridized carbons (Fsp3) is 0.444. The van der Waals surface area contributed by atoms with Gasteiger partial charge < -0.3 is 9.84 Å². The minimum atomic E-state index is -0.962. The van der Waals surface area contributed by atoms with Crippen molar-refractivity contribution in [2.45, 2.75) is 38.9 Å². The van der Waals surface area contributed by atoms with Crippen LogP contribution in [0.25, 0.3) is 0 Å². The number of ether oxygens (including phenoxy) is 1.